The van der Waals surface area contributed by atoms with E-state index in [-0.39, 0.29) is 41.6 Å². The van der Waals surface area contributed by atoms with Gasteiger partial charge in [-0.05, 0) is 66.1 Å². The van der Waals surface area contributed by atoms with E-state index in [4.69, 9.17) is 9.79 Å². The number of nitrogens with zero attached hydrogens (tertiary/aromatic N) is 2. The average Bonchev–Trinajstić information content (AvgIpc) is 3.66. The third kappa shape index (κ3) is 8.09. The predicted molar refractivity (Wildman–Crippen MR) is 178 cm³/mol. The number of likely N-dealkylation sites (tertiary alicyclic amines) is 1. The minimum atomic E-state index is -5.79. The highest BCUT2D eigenvalue weighted by atomic mass is 79.9. The first-order chi connectivity index (χ1) is 21.8. The molecule has 1 aliphatic heterocycles. The molecule has 0 radical (unpaired) electrons. The van der Waals surface area contributed by atoms with Crippen LogP contribution in [0.15, 0.2) is 53.0 Å². The highest BCUT2D eigenvalue weighted by Crippen LogP contribution is 2.59. The van der Waals surface area contributed by atoms with Crippen molar-refractivity contribution in [1.82, 2.24) is 15.5 Å². The van der Waals surface area contributed by atoms with Crippen molar-refractivity contribution in [2.45, 2.75) is 57.8 Å². The van der Waals surface area contributed by atoms with E-state index in [9.17, 15) is 32.5 Å². The van der Waals surface area contributed by atoms with Gasteiger partial charge in [0.1, 0.15) is 12.1 Å². The largest absolute Gasteiger partial charge is 0.399 e. The van der Waals surface area contributed by atoms with Crippen LogP contribution in [-0.4, -0.2) is 70.5 Å². The molecule has 2 heterocycles. The number of carbonyl (C=O) groups excluding carboxylic acids is 4. The van der Waals surface area contributed by atoms with Gasteiger partial charge in [-0.25, -0.2) is 0 Å². The Hall–Kier alpha value is -3.23. The maximum atomic E-state index is 14.3. The van der Waals surface area contributed by atoms with Gasteiger partial charge in [-0.3, -0.25) is 23.7 Å². The molecule has 1 fully saturated rings. The lowest BCUT2D eigenvalue weighted by molar-refractivity contribution is -0.141. The van der Waals surface area contributed by atoms with Crippen LogP contribution in [0.3, 0.4) is 0 Å². The van der Waals surface area contributed by atoms with Gasteiger partial charge in [-0.1, -0.05) is 42.8 Å². The zero-order valence-corrected chi connectivity index (χ0v) is 29.4. The van der Waals surface area contributed by atoms with Crippen LogP contribution in [0, 0.1) is 5.41 Å². The van der Waals surface area contributed by atoms with Crippen molar-refractivity contribution < 1.29 is 42.3 Å². The number of nitrogens with one attached hydrogen (secondary N) is 2. The molecule has 0 bridgehead atoms. The van der Waals surface area contributed by atoms with Gasteiger partial charge >= 0.3 is 13.3 Å². The molecule has 4 rings (SSSR count). The number of rotatable bonds is 10. The Kier molecular flexibility index (Phi) is 11.0. The fourth-order valence-corrected chi connectivity index (χ4v) is 7.01. The number of amides is 4. The molecule has 1 unspecified atom stereocenters. The lowest BCUT2D eigenvalue weighted by atomic mass is 9.85. The molecule has 4 amide bonds. The van der Waals surface area contributed by atoms with E-state index in [2.05, 4.69) is 26.6 Å². The first kappa shape index (κ1) is 36.6. The van der Waals surface area contributed by atoms with Gasteiger partial charge < -0.3 is 30.2 Å². The molecule has 0 aliphatic carbocycles. The zero-order chi connectivity index (χ0) is 34.9. The number of alkyl halides is 2. The fourth-order valence-electron chi connectivity index (χ4n) is 5.32. The van der Waals surface area contributed by atoms with E-state index in [0.717, 1.165) is 27.9 Å². The van der Waals surface area contributed by atoms with E-state index >= 15 is 0 Å². The summed E-state index contributed by atoms with van der Waals surface area (Å²) in [6, 6.07) is 9.53. The van der Waals surface area contributed by atoms with Crippen molar-refractivity contribution in [2.24, 2.45) is 5.41 Å². The Balaban J connectivity index is 1.58. The van der Waals surface area contributed by atoms with Crippen molar-refractivity contribution in [1.29, 1.82) is 0 Å². The molecule has 0 spiro atoms. The Morgan fingerprint density at radius 2 is 1.77 bits per heavy atom. The second-order valence-electron chi connectivity index (χ2n) is 12.3. The summed E-state index contributed by atoms with van der Waals surface area (Å²) in [6.07, 6.45) is 0.988. The lowest BCUT2D eigenvalue weighted by Gasteiger charge is -2.36. The summed E-state index contributed by atoms with van der Waals surface area (Å²) in [4.78, 5) is 75.0. The van der Waals surface area contributed by atoms with E-state index in [1.807, 2.05) is 0 Å². The van der Waals surface area contributed by atoms with Gasteiger partial charge in [0.2, 0.25) is 17.7 Å². The summed E-state index contributed by atoms with van der Waals surface area (Å²) in [5.74, 6) is -1.71. The number of carbonyl (C=O) groups is 4. The molecule has 2 aromatic carbocycles. The van der Waals surface area contributed by atoms with Crippen LogP contribution >= 0.6 is 34.9 Å². The number of hydrogen-bond acceptors (Lipinski definition) is 6. The van der Waals surface area contributed by atoms with Crippen molar-refractivity contribution in [3.05, 3.63) is 63.4 Å². The predicted octanol–water partition coefficient (Wildman–Crippen LogP) is 5.20. The Morgan fingerprint density at radius 1 is 1.11 bits per heavy atom. The second kappa shape index (κ2) is 14.1. The summed E-state index contributed by atoms with van der Waals surface area (Å²) in [7, 11) is -4.28. The molecule has 11 nitrogen and oxygen atoms in total. The fraction of sp³-hybridized carbons (Fsp3) is 0.419. The van der Waals surface area contributed by atoms with Crippen LogP contribution in [0.4, 0.5) is 14.5 Å². The summed E-state index contributed by atoms with van der Waals surface area (Å²) in [6.45, 7) is 5.66. The van der Waals surface area contributed by atoms with Crippen LogP contribution in [-0.2, 0) is 24.6 Å². The highest BCUT2D eigenvalue weighted by molar-refractivity contribution is 9.10. The third-order valence-electron chi connectivity index (χ3n) is 7.91. The number of fused-ring (bicyclic) bond motifs is 1. The standard InChI is InChI=1S/C31H36BrF2N4O7PS/c1-30(2,3)26(36-27(40)24-17-18-16-19(7-12-23(18)47-24)31(33,34)46(43,44)45)29(42)38-14-5-6-22(38)28(41)37(15-13-25(39)35-4)21-10-8-20(32)9-11-21/h7-12,16-17,22,26H,5-6,13-15H2,1-4H3,(H,35,39)(H,36,40)(H2,43,44,45)/t22-,26?/m0/s1. The highest BCUT2D eigenvalue weighted by Gasteiger charge is 2.50. The smallest absolute Gasteiger partial charge is 0.359 e. The number of thiophene rings is 1. The van der Waals surface area contributed by atoms with Gasteiger partial charge in [0.05, 0.1) is 4.88 Å². The molecule has 1 aromatic heterocycles. The van der Waals surface area contributed by atoms with Crippen molar-refractivity contribution in [2.75, 3.05) is 25.0 Å². The number of anilines is 1. The van der Waals surface area contributed by atoms with Gasteiger partial charge in [0.15, 0.2) is 0 Å². The topological polar surface area (TPSA) is 156 Å². The van der Waals surface area contributed by atoms with Crippen LogP contribution in [0.1, 0.15) is 55.3 Å². The monoisotopic (exact) mass is 756 g/mol. The van der Waals surface area contributed by atoms with Gasteiger partial charge in [-0.2, -0.15) is 8.78 Å². The molecule has 4 N–H and O–H groups in total. The summed E-state index contributed by atoms with van der Waals surface area (Å²) in [5, 5.41) is 5.51. The molecule has 16 heteroatoms. The minimum Gasteiger partial charge on any atom is -0.359 e. The first-order valence-electron chi connectivity index (χ1n) is 14.7. The summed E-state index contributed by atoms with van der Waals surface area (Å²) < 4.78 is 41.2. The average molecular weight is 758 g/mol. The lowest BCUT2D eigenvalue weighted by Crippen LogP contribution is -2.58. The van der Waals surface area contributed by atoms with E-state index in [1.54, 1.807) is 45.0 Å². The number of halogens is 3. The van der Waals surface area contributed by atoms with E-state index < -0.39 is 48.1 Å². The van der Waals surface area contributed by atoms with Gasteiger partial charge in [0.25, 0.3) is 5.91 Å². The Morgan fingerprint density at radius 3 is 2.36 bits per heavy atom. The van der Waals surface area contributed by atoms with E-state index in [1.165, 1.54) is 29.0 Å². The quantitative estimate of drug-likeness (QED) is 0.208. The molecular formula is C31H36BrF2N4O7PS. The van der Waals surface area contributed by atoms with Gasteiger partial charge in [0, 0.05) is 47.0 Å². The van der Waals surface area contributed by atoms with Crippen LogP contribution in [0.2, 0.25) is 0 Å². The van der Waals surface area contributed by atoms with Crippen molar-refractivity contribution in [3.63, 3.8) is 0 Å². The van der Waals surface area contributed by atoms with Crippen LogP contribution in [0.5, 0.6) is 0 Å². The molecule has 1 saturated heterocycles. The second-order valence-corrected chi connectivity index (χ2v) is 15.9. The molecular weight excluding hydrogens is 721 g/mol. The molecule has 254 valence electrons. The minimum absolute atomic E-state index is 0.0489. The maximum Gasteiger partial charge on any atom is 0.399 e. The molecule has 1 aliphatic rings. The Labute approximate surface area is 283 Å². The first-order valence-corrected chi connectivity index (χ1v) is 17.9. The van der Waals surface area contributed by atoms with Crippen molar-refractivity contribution in [3.8, 4) is 0 Å². The Bertz CT molecular complexity index is 1720. The SMILES string of the molecule is CNC(=O)CCN(C(=O)[C@@H]1CCCN1C(=O)C(NC(=O)c1cc2cc(C(F)(F)P(=O)(O)O)ccc2s1)C(C)(C)C)c1ccc(Br)cc1. The van der Waals surface area contributed by atoms with Crippen LogP contribution < -0.4 is 15.5 Å². The normalized spacial score (nSPS) is 16.2. The summed E-state index contributed by atoms with van der Waals surface area (Å²) >= 11 is 4.36. The third-order valence-corrected chi connectivity index (χ3v) is 10.5. The molecule has 0 saturated carbocycles. The molecule has 3 aromatic rings. The van der Waals surface area contributed by atoms with Crippen LogP contribution in [0.25, 0.3) is 10.1 Å². The summed E-state index contributed by atoms with van der Waals surface area (Å²) in [5.41, 5.74) is -5.53. The zero-order valence-electron chi connectivity index (χ0n) is 26.1. The van der Waals surface area contributed by atoms with Gasteiger partial charge in [-0.15, -0.1) is 11.3 Å². The molecule has 47 heavy (non-hydrogen) atoms. The maximum absolute atomic E-state index is 14.3. The van der Waals surface area contributed by atoms with E-state index in [0.29, 0.717) is 23.2 Å². The van der Waals surface area contributed by atoms with Crippen molar-refractivity contribution >= 4 is 74.3 Å². The number of benzene rings is 2. The number of hydrogen-bond donors (Lipinski definition) is 4. The molecule has 2 atom stereocenters.